The van der Waals surface area contributed by atoms with Gasteiger partial charge in [0.1, 0.15) is 0 Å². The van der Waals surface area contributed by atoms with Gasteiger partial charge in [-0.05, 0) is 48.4 Å². The van der Waals surface area contributed by atoms with Crippen molar-refractivity contribution in [2.75, 3.05) is 23.9 Å². The molecule has 1 saturated heterocycles. The Bertz CT molecular complexity index is 938. The van der Waals surface area contributed by atoms with Crippen molar-refractivity contribution in [1.82, 2.24) is 0 Å². The lowest BCUT2D eigenvalue weighted by atomic mass is 10.1. The van der Waals surface area contributed by atoms with Crippen LogP contribution in [-0.4, -0.2) is 31.4 Å². The smallest absolute Gasteiger partial charge is 0.340 e. The molecule has 2 amide bonds. The number of anilines is 2. The van der Waals surface area contributed by atoms with Crippen LogP contribution in [0.1, 0.15) is 28.8 Å². The lowest BCUT2D eigenvalue weighted by Crippen LogP contribution is -2.23. The highest BCUT2D eigenvalue weighted by Gasteiger charge is 2.21. The molecule has 0 atom stereocenters. The zero-order valence-corrected chi connectivity index (χ0v) is 16.0. The number of methoxy groups -OCH3 is 1. The number of carbonyl (C=O) groups excluding carboxylic acids is 3. The molecular weight excluding hydrogens is 380 g/mol. The summed E-state index contributed by atoms with van der Waals surface area (Å²) in [6, 6.07) is 11.9. The minimum atomic E-state index is -0.589. The summed E-state index contributed by atoms with van der Waals surface area (Å²) in [5, 5.41) is 3.01. The normalized spacial score (nSPS) is 13.8. The first kappa shape index (κ1) is 19.6. The van der Waals surface area contributed by atoms with E-state index in [9.17, 15) is 14.4 Å². The Labute approximate surface area is 167 Å². The predicted molar refractivity (Wildman–Crippen MR) is 108 cm³/mol. The van der Waals surface area contributed by atoms with Gasteiger partial charge in [-0.3, -0.25) is 9.59 Å². The van der Waals surface area contributed by atoms with Crippen LogP contribution in [0.5, 0.6) is 0 Å². The molecule has 1 heterocycles. The highest BCUT2D eigenvalue weighted by molar-refractivity contribution is 6.31. The molecule has 7 heteroatoms. The number of nitrogens with one attached hydrogen (secondary N) is 1. The molecular formula is C21H19ClN2O4. The molecule has 2 aromatic rings. The summed E-state index contributed by atoms with van der Waals surface area (Å²) < 4.78 is 4.71. The fraction of sp³-hybridized carbons (Fsp3) is 0.190. The van der Waals surface area contributed by atoms with Crippen LogP contribution in [0.2, 0.25) is 5.02 Å². The van der Waals surface area contributed by atoms with E-state index in [4.69, 9.17) is 16.3 Å². The Kier molecular flexibility index (Phi) is 6.11. The topological polar surface area (TPSA) is 75.7 Å². The fourth-order valence-electron chi connectivity index (χ4n) is 2.94. The van der Waals surface area contributed by atoms with Gasteiger partial charge in [-0.1, -0.05) is 23.7 Å². The molecule has 6 nitrogen and oxygen atoms in total. The number of nitrogens with zero attached hydrogens (tertiary/aromatic N) is 1. The molecule has 0 bridgehead atoms. The average molecular weight is 399 g/mol. The Balaban J connectivity index is 1.67. The van der Waals surface area contributed by atoms with E-state index >= 15 is 0 Å². The van der Waals surface area contributed by atoms with E-state index in [0.29, 0.717) is 17.1 Å². The van der Waals surface area contributed by atoms with Gasteiger partial charge in [0.15, 0.2) is 0 Å². The van der Waals surface area contributed by atoms with Crippen molar-refractivity contribution in [3.8, 4) is 0 Å². The molecule has 0 radical (unpaired) electrons. The molecule has 0 aliphatic carbocycles. The monoisotopic (exact) mass is 398 g/mol. The minimum Gasteiger partial charge on any atom is -0.465 e. The van der Waals surface area contributed by atoms with Gasteiger partial charge in [0.25, 0.3) is 0 Å². The summed E-state index contributed by atoms with van der Waals surface area (Å²) in [6.45, 7) is 0.736. The molecule has 1 fully saturated rings. The van der Waals surface area contributed by atoms with Crippen molar-refractivity contribution in [3.05, 3.63) is 64.7 Å². The minimum absolute atomic E-state index is 0.132. The molecule has 0 saturated carbocycles. The van der Waals surface area contributed by atoms with Gasteiger partial charge in [0.2, 0.25) is 11.8 Å². The van der Waals surface area contributed by atoms with Gasteiger partial charge in [-0.25, -0.2) is 4.79 Å². The van der Waals surface area contributed by atoms with Crippen molar-refractivity contribution in [2.24, 2.45) is 0 Å². The largest absolute Gasteiger partial charge is 0.465 e. The molecule has 1 aliphatic heterocycles. The predicted octanol–water partition coefficient (Wildman–Crippen LogP) is 3.91. The van der Waals surface area contributed by atoms with Crippen molar-refractivity contribution >= 4 is 46.8 Å². The van der Waals surface area contributed by atoms with Crippen LogP contribution in [-0.2, 0) is 14.3 Å². The third kappa shape index (κ3) is 4.58. The van der Waals surface area contributed by atoms with E-state index < -0.39 is 11.9 Å². The van der Waals surface area contributed by atoms with Crippen LogP contribution in [0, 0.1) is 0 Å². The van der Waals surface area contributed by atoms with Gasteiger partial charge in [0, 0.05) is 29.8 Å². The maximum absolute atomic E-state index is 12.2. The summed E-state index contributed by atoms with van der Waals surface area (Å²) in [4.78, 5) is 37.6. The number of hydrogen-bond acceptors (Lipinski definition) is 4. The number of carbonyl (C=O) groups is 3. The Morgan fingerprint density at radius 1 is 1.18 bits per heavy atom. The number of esters is 1. The van der Waals surface area contributed by atoms with Gasteiger partial charge < -0.3 is 15.0 Å². The first-order valence-corrected chi connectivity index (χ1v) is 9.13. The molecule has 2 aromatic carbocycles. The standard InChI is InChI=1S/C21H19ClN2O4/c1-28-21(27)17-13-15(22)7-10-18(17)23-19(25)11-6-14-4-8-16(9-5-14)24-12-2-3-20(24)26/h4-11,13H,2-3,12H2,1H3,(H,23,25). The van der Waals surface area contributed by atoms with Crippen LogP contribution < -0.4 is 10.2 Å². The molecule has 0 spiro atoms. The Hall–Kier alpha value is -3.12. The van der Waals surface area contributed by atoms with Crippen LogP contribution in [0.3, 0.4) is 0 Å². The zero-order chi connectivity index (χ0) is 20.1. The number of amides is 2. The SMILES string of the molecule is COC(=O)c1cc(Cl)ccc1NC(=O)C=Cc1ccc(N2CCCC2=O)cc1. The highest BCUT2D eigenvalue weighted by atomic mass is 35.5. The lowest BCUT2D eigenvalue weighted by Gasteiger charge is -2.15. The third-order valence-electron chi connectivity index (χ3n) is 4.35. The fourth-order valence-corrected chi connectivity index (χ4v) is 3.11. The van der Waals surface area contributed by atoms with Crippen molar-refractivity contribution < 1.29 is 19.1 Å². The maximum atomic E-state index is 12.2. The van der Waals surface area contributed by atoms with Crippen LogP contribution in [0.15, 0.2) is 48.5 Å². The number of hydrogen-bond donors (Lipinski definition) is 1. The van der Waals surface area contributed by atoms with Crippen LogP contribution in [0.25, 0.3) is 6.08 Å². The Morgan fingerprint density at radius 2 is 1.93 bits per heavy atom. The van der Waals surface area contributed by atoms with Gasteiger partial charge in [0.05, 0.1) is 18.4 Å². The number of halogens is 1. The molecule has 3 rings (SSSR count). The average Bonchev–Trinajstić information content (AvgIpc) is 3.13. The summed E-state index contributed by atoms with van der Waals surface area (Å²) in [5.41, 5.74) is 2.16. The number of rotatable bonds is 5. The number of benzene rings is 2. The van der Waals surface area contributed by atoms with E-state index in [1.807, 2.05) is 24.3 Å². The quantitative estimate of drug-likeness (QED) is 0.612. The summed E-state index contributed by atoms with van der Waals surface area (Å²) in [7, 11) is 1.26. The first-order chi connectivity index (χ1) is 13.5. The molecule has 1 aliphatic rings. The lowest BCUT2D eigenvalue weighted by molar-refractivity contribution is -0.117. The second kappa shape index (κ2) is 8.71. The highest BCUT2D eigenvalue weighted by Crippen LogP contribution is 2.23. The molecule has 1 N–H and O–H groups in total. The van der Waals surface area contributed by atoms with Crippen LogP contribution >= 0.6 is 11.6 Å². The van der Waals surface area contributed by atoms with Crippen molar-refractivity contribution in [3.63, 3.8) is 0 Å². The van der Waals surface area contributed by atoms with Crippen molar-refractivity contribution in [1.29, 1.82) is 0 Å². The van der Waals surface area contributed by atoms with E-state index in [0.717, 1.165) is 24.2 Å². The summed E-state index contributed by atoms with van der Waals surface area (Å²) in [6.07, 6.45) is 4.48. The Morgan fingerprint density at radius 3 is 2.57 bits per heavy atom. The van der Waals surface area contributed by atoms with E-state index in [1.165, 1.54) is 19.3 Å². The van der Waals surface area contributed by atoms with E-state index in [1.54, 1.807) is 23.1 Å². The van der Waals surface area contributed by atoms with Crippen LogP contribution in [0.4, 0.5) is 11.4 Å². The first-order valence-electron chi connectivity index (χ1n) is 8.75. The molecule has 0 aromatic heterocycles. The van der Waals surface area contributed by atoms with E-state index in [2.05, 4.69) is 5.32 Å². The van der Waals surface area contributed by atoms with Crippen molar-refractivity contribution in [2.45, 2.75) is 12.8 Å². The molecule has 0 unspecified atom stereocenters. The van der Waals surface area contributed by atoms with Gasteiger partial charge in [-0.15, -0.1) is 0 Å². The second-order valence-corrected chi connectivity index (χ2v) is 6.68. The number of ether oxygens (including phenoxy) is 1. The summed E-state index contributed by atoms with van der Waals surface area (Å²) >= 11 is 5.91. The zero-order valence-electron chi connectivity index (χ0n) is 15.3. The molecule has 28 heavy (non-hydrogen) atoms. The maximum Gasteiger partial charge on any atom is 0.340 e. The van der Waals surface area contributed by atoms with Gasteiger partial charge >= 0.3 is 5.97 Å². The van der Waals surface area contributed by atoms with Gasteiger partial charge in [-0.2, -0.15) is 0 Å². The third-order valence-corrected chi connectivity index (χ3v) is 4.59. The summed E-state index contributed by atoms with van der Waals surface area (Å²) in [5.74, 6) is -0.854. The second-order valence-electron chi connectivity index (χ2n) is 6.24. The molecule has 144 valence electrons. The van der Waals surface area contributed by atoms with E-state index in [-0.39, 0.29) is 11.5 Å².